The predicted molar refractivity (Wildman–Crippen MR) is 231 cm³/mol. The minimum Gasteiger partial charge on any atom is -0.494 e. The number of aliphatic hydroxyl groups is 1. The summed E-state index contributed by atoms with van der Waals surface area (Å²) in [5.74, 6) is 1.30. The molecule has 0 saturated carbocycles. The number of rotatable bonds is 14. The predicted octanol–water partition coefficient (Wildman–Crippen LogP) is 4.58. The zero-order valence-electron chi connectivity index (χ0n) is 35.3. The number of hydrogen-bond acceptors (Lipinski definition) is 11. The molecule has 8 rings (SSSR count). The molecule has 4 aromatic rings. The summed E-state index contributed by atoms with van der Waals surface area (Å²) in [4.78, 5) is 77.9. The summed E-state index contributed by atoms with van der Waals surface area (Å²) in [6, 6.07) is 14.5. The fraction of sp³-hybridized carbons (Fsp3) is 0.500. The van der Waals surface area contributed by atoms with E-state index in [9.17, 15) is 29.1 Å². The lowest BCUT2D eigenvalue weighted by Crippen LogP contribution is -2.73. The number of carbonyl (C=O) groups excluding carboxylic acids is 5. The first-order valence-electron chi connectivity index (χ1n) is 21.6. The number of likely N-dealkylation sites (N-methyl/N-ethyl adjacent to an activating group) is 1. The van der Waals surface area contributed by atoms with Crippen molar-refractivity contribution in [3.8, 4) is 17.0 Å². The Morgan fingerprint density at radius 2 is 1.70 bits per heavy atom. The lowest BCUT2D eigenvalue weighted by molar-refractivity contribution is -0.153. The molecular formula is C46H56N8O7. The minimum absolute atomic E-state index is 0.0203. The highest BCUT2D eigenvalue weighted by molar-refractivity contribution is 6.03. The van der Waals surface area contributed by atoms with Crippen LogP contribution in [-0.4, -0.2) is 143 Å². The highest BCUT2D eigenvalue weighted by Gasteiger charge is 2.54. The molecule has 2 aromatic carbocycles. The Kier molecular flexibility index (Phi) is 11.9. The van der Waals surface area contributed by atoms with Gasteiger partial charge < -0.3 is 39.1 Å². The number of nitrogens with zero attached hydrogens (tertiary/aromatic N) is 7. The smallest absolute Gasteiger partial charge is 0.254 e. The molecule has 1 unspecified atom stereocenters. The number of aromatic nitrogens is 3. The van der Waals surface area contributed by atoms with Gasteiger partial charge in [0.1, 0.15) is 23.5 Å². The van der Waals surface area contributed by atoms with Crippen LogP contribution >= 0.6 is 0 Å². The molecule has 0 aliphatic carbocycles. The molecule has 2 N–H and O–H groups in total. The highest BCUT2D eigenvalue weighted by atomic mass is 16.5. The second-order valence-electron chi connectivity index (χ2n) is 17.5. The summed E-state index contributed by atoms with van der Waals surface area (Å²) < 4.78 is 5.69. The van der Waals surface area contributed by atoms with Gasteiger partial charge in [0.25, 0.3) is 5.91 Å². The van der Waals surface area contributed by atoms with Crippen molar-refractivity contribution in [2.75, 3.05) is 75.8 Å². The molecule has 4 saturated heterocycles. The number of anilines is 2. The molecular weight excluding hydrogens is 777 g/mol. The van der Waals surface area contributed by atoms with E-state index < -0.39 is 11.6 Å². The van der Waals surface area contributed by atoms with Crippen LogP contribution in [0.5, 0.6) is 5.75 Å². The average molecular weight is 833 g/mol. The van der Waals surface area contributed by atoms with E-state index in [0.29, 0.717) is 71.2 Å². The van der Waals surface area contributed by atoms with Crippen LogP contribution < -0.4 is 14.5 Å². The number of ether oxygens (including phenoxy) is 1. The van der Waals surface area contributed by atoms with Crippen molar-refractivity contribution in [1.82, 2.24) is 29.9 Å². The minimum atomic E-state index is -1.15. The first-order chi connectivity index (χ1) is 29.5. The van der Waals surface area contributed by atoms with Gasteiger partial charge in [0.05, 0.1) is 35.8 Å². The number of hydrogen-bond donors (Lipinski definition) is 2. The molecule has 15 nitrogen and oxygen atoms in total. The molecule has 4 fully saturated rings. The number of benzene rings is 2. The number of nitrogens with one attached hydrogen (secondary N) is 1. The van der Waals surface area contributed by atoms with Gasteiger partial charge in [-0.2, -0.15) is 5.10 Å². The number of piperidine rings is 2. The molecule has 61 heavy (non-hydrogen) atoms. The van der Waals surface area contributed by atoms with E-state index in [1.54, 1.807) is 30.1 Å². The third kappa shape index (κ3) is 8.44. The molecule has 4 aliphatic rings. The Morgan fingerprint density at radius 3 is 2.36 bits per heavy atom. The average Bonchev–Trinajstić information content (AvgIpc) is 3.67. The summed E-state index contributed by atoms with van der Waals surface area (Å²) in [5, 5.41) is 20.1. The maximum absolute atomic E-state index is 13.5. The number of fused-ring (bicyclic) bond motifs is 1. The van der Waals surface area contributed by atoms with E-state index in [2.05, 4.69) is 15.1 Å². The molecule has 1 atom stereocenters. The fourth-order valence-electron chi connectivity index (χ4n) is 9.64. The first kappa shape index (κ1) is 41.9. The summed E-state index contributed by atoms with van der Waals surface area (Å²) in [7, 11) is 1.57. The Balaban J connectivity index is 0.765. The second kappa shape index (κ2) is 17.3. The topological polar surface area (TPSA) is 173 Å². The molecule has 322 valence electrons. The van der Waals surface area contributed by atoms with E-state index in [-0.39, 0.29) is 46.6 Å². The maximum Gasteiger partial charge on any atom is 0.254 e. The van der Waals surface area contributed by atoms with Crippen molar-refractivity contribution < 1.29 is 33.8 Å². The van der Waals surface area contributed by atoms with Crippen LogP contribution in [-0.2, 0) is 14.4 Å². The molecule has 3 amide bonds. The zero-order valence-corrected chi connectivity index (χ0v) is 35.3. The number of H-pyrrole nitrogens is 1. The second-order valence-corrected chi connectivity index (χ2v) is 17.5. The third-order valence-electron chi connectivity index (χ3n) is 13.3. The van der Waals surface area contributed by atoms with Gasteiger partial charge in [-0.3, -0.25) is 24.3 Å². The molecule has 2 aromatic heterocycles. The Bertz CT molecular complexity index is 2260. The molecule has 6 heterocycles. The first-order valence-corrected chi connectivity index (χ1v) is 21.6. The van der Waals surface area contributed by atoms with Crippen LogP contribution in [0.1, 0.15) is 79.5 Å². The number of pyridine rings is 1. The molecule has 4 aliphatic heterocycles. The van der Waals surface area contributed by atoms with Gasteiger partial charge in [-0.1, -0.05) is 13.3 Å². The van der Waals surface area contributed by atoms with Gasteiger partial charge in [-0.15, -0.1) is 0 Å². The van der Waals surface area contributed by atoms with E-state index in [4.69, 9.17) is 9.72 Å². The summed E-state index contributed by atoms with van der Waals surface area (Å²) in [5.41, 5.74) is 2.88. The number of amides is 3. The SMILES string of the molecule is CCCC(C=O)N(C)C(=O)c1ccc(N2CCC(O)(CC(=O)N3CCC(C(=O)N4CC5(C4)CN(c4ccc(-c6n[nH]c7ccc(OCC)cc67)cn4)C5)CC3)CC2)cc1C=O. The Morgan fingerprint density at radius 1 is 0.951 bits per heavy atom. The normalized spacial score (nSPS) is 19.0. The van der Waals surface area contributed by atoms with E-state index in [0.717, 1.165) is 78.3 Å². The van der Waals surface area contributed by atoms with Crippen LogP contribution in [0.3, 0.4) is 0 Å². The van der Waals surface area contributed by atoms with Crippen molar-refractivity contribution in [3.05, 3.63) is 65.9 Å². The van der Waals surface area contributed by atoms with Gasteiger partial charge in [0, 0.05) is 99.1 Å². The number of likely N-dealkylation sites (tertiary alicyclic amines) is 2. The van der Waals surface area contributed by atoms with Gasteiger partial charge in [-0.25, -0.2) is 4.98 Å². The summed E-state index contributed by atoms with van der Waals surface area (Å²) >= 11 is 0. The van der Waals surface area contributed by atoms with Crippen molar-refractivity contribution in [2.24, 2.45) is 11.3 Å². The number of aromatic amines is 1. The lowest BCUT2D eigenvalue weighted by Gasteiger charge is -2.61. The number of aldehydes is 2. The van der Waals surface area contributed by atoms with Crippen LogP contribution in [0.15, 0.2) is 54.7 Å². The Labute approximate surface area is 356 Å². The van der Waals surface area contributed by atoms with Crippen LogP contribution in [0.4, 0.5) is 11.5 Å². The molecule has 0 bridgehead atoms. The zero-order chi connectivity index (χ0) is 42.9. The summed E-state index contributed by atoms with van der Waals surface area (Å²) in [6.45, 7) is 9.64. The van der Waals surface area contributed by atoms with Gasteiger partial charge >= 0.3 is 0 Å². The van der Waals surface area contributed by atoms with Crippen LogP contribution in [0, 0.1) is 11.3 Å². The fourth-order valence-corrected chi connectivity index (χ4v) is 9.64. The summed E-state index contributed by atoms with van der Waals surface area (Å²) in [6.07, 6.45) is 6.55. The van der Waals surface area contributed by atoms with Gasteiger partial charge in [0.15, 0.2) is 6.29 Å². The third-order valence-corrected chi connectivity index (χ3v) is 13.3. The van der Waals surface area contributed by atoms with Crippen molar-refractivity contribution in [2.45, 2.75) is 70.4 Å². The van der Waals surface area contributed by atoms with Crippen molar-refractivity contribution >= 4 is 52.7 Å². The van der Waals surface area contributed by atoms with Crippen LogP contribution in [0.2, 0.25) is 0 Å². The van der Waals surface area contributed by atoms with E-state index in [1.165, 1.54) is 4.90 Å². The Hall–Kier alpha value is -5.83. The molecule has 15 heteroatoms. The van der Waals surface area contributed by atoms with Crippen molar-refractivity contribution in [3.63, 3.8) is 0 Å². The van der Waals surface area contributed by atoms with Gasteiger partial charge in [0.2, 0.25) is 11.8 Å². The standard InChI is InChI=1S/C46H56N8O7/c1-4-6-35(26-56)50(3)44(59)37-10-8-34(21-33(37)25-55)51-19-15-46(60,16-20-51)23-41(57)52-17-13-31(14-18-52)43(58)54-29-45(30-54)27-53(28-45)40-12-7-32(24-47-40)42-38-22-36(61-5-2)9-11-39(38)48-49-42/h7-12,21-22,24-26,31,35,60H,4-6,13-20,23,27-30H2,1-3H3,(H,48,49). The van der Waals surface area contributed by atoms with E-state index in [1.807, 2.05) is 60.2 Å². The number of carbonyl (C=O) groups is 5. The molecule has 0 radical (unpaired) electrons. The monoisotopic (exact) mass is 832 g/mol. The quantitative estimate of drug-likeness (QED) is 0.170. The lowest BCUT2D eigenvalue weighted by atomic mass is 9.72. The highest BCUT2D eigenvalue weighted by Crippen LogP contribution is 2.43. The molecule has 1 spiro atoms. The largest absolute Gasteiger partial charge is 0.494 e. The van der Waals surface area contributed by atoms with Crippen LogP contribution in [0.25, 0.3) is 22.2 Å². The van der Waals surface area contributed by atoms with Gasteiger partial charge in [-0.05, 0) is 87.6 Å². The maximum atomic E-state index is 13.5. The van der Waals surface area contributed by atoms with Crippen molar-refractivity contribution in [1.29, 1.82) is 0 Å². The van der Waals surface area contributed by atoms with E-state index >= 15 is 0 Å².